The normalized spacial score (nSPS) is 15.1. The highest BCUT2D eigenvalue weighted by Gasteiger charge is 2.17. The van der Waals surface area contributed by atoms with Crippen molar-refractivity contribution in [3.63, 3.8) is 0 Å². The van der Waals surface area contributed by atoms with Gasteiger partial charge in [-0.05, 0) is 31.2 Å². The lowest BCUT2D eigenvalue weighted by molar-refractivity contribution is 0.0453. The number of ether oxygens (including phenoxy) is 1. The van der Waals surface area contributed by atoms with Crippen molar-refractivity contribution in [1.29, 1.82) is 0 Å². The minimum atomic E-state index is -3.18. The molecule has 0 bridgehead atoms. The summed E-state index contributed by atoms with van der Waals surface area (Å²) in [6.45, 7) is 2.13. The summed E-state index contributed by atoms with van der Waals surface area (Å²) in [5.41, 5.74) is 4.44. The zero-order chi connectivity index (χ0) is 13.8. The van der Waals surface area contributed by atoms with Gasteiger partial charge in [0.2, 0.25) is 0 Å². The molecule has 0 aliphatic carbocycles. The summed E-state index contributed by atoms with van der Waals surface area (Å²) in [6.07, 6.45) is 1.57. The van der Waals surface area contributed by atoms with Crippen LogP contribution >= 0.6 is 0 Å². The summed E-state index contributed by atoms with van der Waals surface area (Å²) in [5.74, 6) is 0.565. The topological polar surface area (TPSA) is 89.6 Å². The van der Waals surface area contributed by atoms with Gasteiger partial charge >= 0.3 is 0 Å². The molecular weight excluding hydrogens is 254 g/mol. The summed E-state index contributed by atoms with van der Waals surface area (Å²) in [5, 5.41) is 9.67. The second-order valence-corrected chi connectivity index (χ2v) is 6.56. The number of sulfone groups is 1. The van der Waals surface area contributed by atoms with E-state index in [2.05, 4.69) is 0 Å². The lowest BCUT2D eigenvalue weighted by atomic mass is 10.0. The number of hydrogen-bond acceptors (Lipinski definition) is 5. The molecule has 0 aromatic heterocycles. The minimum Gasteiger partial charge on any atom is -0.493 e. The van der Waals surface area contributed by atoms with Gasteiger partial charge in [-0.25, -0.2) is 8.42 Å². The number of rotatable bonds is 6. The Morgan fingerprint density at radius 2 is 1.89 bits per heavy atom. The molecule has 1 atom stereocenters. The van der Waals surface area contributed by atoms with Gasteiger partial charge in [0, 0.05) is 19.2 Å². The van der Waals surface area contributed by atoms with E-state index >= 15 is 0 Å². The molecule has 6 heteroatoms. The van der Waals surface area contributed by atoms with Crippen LogP contribution in [0.15, 0.2) is 29.2 Å². The van der Waals surface area contributed by atoms with E-state index in [4.69, 9.17) is 10.5 Å². The van der Waals surface area contributed by atoms with Crippen LogP contribution < -0.4 is 10.5 Å². The summed E-state index contributed by atoms with van der Waals surface area (Å²) in [6, 6.07) is 6.17. The first-order valence-electron chi connectivity index (χ1n) is 5.60. The van der Waals surface area contributed by atoms with E-state index in [-0.39, 0.29) is 11.4 Å². The Bertz CT molecular complexity index is 479. The third kappa shape index (κ3) is 4.64. The molecule has 0 spiro atoms. The van der Waals surface area contributed by atoms with E-state index in [1.54, 1.807) is 19.1 Å². The SMILES string of the molecule is CC(O)(CN)CCOc1ccc(S(C)(=O)=O)cc1. The van der Waals surface area contributed by atoms with Crippen molar-refractivity contribution in [1.82, 2.24) is 0 Å². The Morgan fingerprint density at radius 3 is 2.33 bits per heavy atom. The average molecular weight is 273 g/mol. The molecule has 3 N–H and O–H groups in total. The van der Waals surface area contributed by atoms with Crippen molar-refractivity contribution in [3.8, 4) is 5.75 Å². The van der Waals surface area contributed by atoms with E-state index in [0.717, 1.165) is 6.26 Å². The number of aliphatic hydroxyl groups is 1. The molecule has 18 heavy (non-hydrogen) atoms. The third-order valence-electron chi connectivity index (χ3n) is 2.60. The number of nitrogens with two attached hydrogens (primary N) is 1. The first-order chi connectivity index (χ1) is 8.24. The maximum atomic E-state index is 11.2. The molecule has 0 heterocycles. The Morgan fingerprint density at radius 1 is 1.33 bits per heavy atom. The smallest absolute Gasteiger partial charge is 0.175 e. The standard InChI is InChI=1S/C12H19NO4S/c1-12(14,9-13)7-8-17-10-3-5-11(6-4-10)18(2,15)16/h3-6,14H,7-9,13H2,1-2H3. The van der Waals surface area contributed by atoms with Crippen molar-refractivity contribution in [3.05, 3.63) is 24.3 Å². The molecule has 0 saturated heterocycles. The van der Waals surface area contributed by atoms with Crippen LogP contribution in [0.5, 0.6) is 5.75 Å². The minimum absolute atomic E-state index is 0.170. The predicted octanol–water partition coefficient (Wildman–Crippen LogP) is 0.569. The fourth-order valence-corrected chi connectivity index (χ4v) is 1.90. The molecule has 5 nitrogen and oxygen atoms in total. The van der Waals surface area contributed by atoms with Crippen LogP contribution in [0.3, 0.4) is 0 Å². The largest absolute Gasteiger partial charge is 0.493 e. The molecule has 1 rings (SSSR count). The van der Waals surface area contributed by atoms with E-state index in [1.165, 1.54) is 12.1 Å². The second kappa shape index (κ2) is 5.69. The predicted molar refractivity (Wildman–Crippen MR) is 69.3 cm³/mol. The van der Waals surface area contributed by atoms with Crippen molar-refractivity contribution in [2.24, 2.45) is 5.73 Å². The lowest BCUT2D eigenvalue weighted by Crippen LogP contribution is -2.35. The Balaban J connectivity index is 2.55. The average Bonchev–Trinajstić information content (AvgIpc) is 2.28. The third-order valence-corrected chi connectivity index (χ3v) is 3.73. The maximum absolute atomic E-state index is 11.2. The second-order valence-electron chi connectivity index (χ2n) is 4.54. The molecular formula is C12H19NO4S. The molecule has 0 aliphatic rings. The number of benzene rings is 1. The molecule has 1 unspecified atom stereocenters. The van der Waals surface area contributed by atoms with Crippen LogP contribution in [0.2, 0.25) is 0 Å². The van der Waals surface area contributed by atoms with Crippen LogP contribution in [0, 0.1) is 0 Å². The summed E-state index contributed by atoms with van der Waals surface area (Å²) in [7, 11) is -3.18. The van der Waals surface area contributed by atoms with Gasteiger partial charge in [0.25, 0.3) is 0 Å². The Labute approximate surface area is 107 Å². The van der Waals surface area contributed by atoms with E-state index in [1.807, 2.05) is 0 Å². The maximum Gasteiger partial charge on any atom is 0.175 e. The van der Waals surface area contributed by atoms with Gasteiger partial charge in [0.05, 0.1) is 17.1 Å². The van der Waals surface area contributed by atoms with Crippen molar-refractivity contribution < 1.29 is 18.3 Å². The van der Waals surface area contributed by atoms with Crippen LogP contribution in [-0.2, 0) is 9.84 Å². The van der Waals surface area contributed by atoms with E-state index in [0.29, 0.717) is 18.8 Å². The zero-order valence-corrected chi connectivity index (χ0v) is 11.4. The molecule has 0 amide bonds. The van der Waals surface area contributed by atoms with Crippen LogP contribution in [0.1, 0.15) is 13.3 Å². The van der Waals surface area contributed by atoms with Crippen LogP contribution in [-0.4, -0.2) is 38.5 Å². The van der Waals surface area contributed by atoms with Gasteiger partial charge in [0.15, 0.2) is 9.84 Å². The summed E-state index contributed by atoms with van der Waals surface area (Å²) in [4.78, 5) is 0.254. The van der Waals surface area contributed by atoms with Gasteiger partial charge in [-0.1, -0.05) is 0 Å². The van der Waals surface area contributed by atoms with Crippen LogP contribution in [0.25, 0.3) is 0 Å². The van der Waals surface area contributed by atoms with E-state index < -0.39 is 15.4 Å². The highest BCUT2D eigenvalue weighted by molar-refractivity contribution is 7.90. The van der Waals surface area contributed by atoms with Crippen molar-refractivity contribution >= 4 is 9.84 Å². The molecule has 102 valence electrons. The zero-order valence-electron chi connectivity index (χ0n) is 10.6. The fraction of sp³-hybridized carbons (Fsp3) is 0.500. The quantitative estimate of drug-likeness (QED) is 0.791. The van der Waals surface area contributed by atoms with Gasteiger partial charge in [-0.2, -0.15) is 0 Å². The van der Waals surface area contributed by atoms with Crippen molar-refractivity contribution in [2.45, 2.75) is 23.8 Å². The first-order valence-corrected chi connectivity index (χ1v) is 7.49. The van der Waals surface area contributed by atoms with Crippen LogP contribution in [0.4, 0.5) is 0 Å². The highest BCUT2D eigenvalue weighted by atomic mass is 32.2. The Hall–Kier alpha value is -1.11. The molecule has 1 aromatic carbocycles. The Kier molecular flexibility index (Phi) is 4.72. The first kappa shape index (κ1) is 14.9. The molecule has 0 radical (unpaired) electrons. The van der Waals surface area contributed by atoms with E-state index in [9.17, 15) is 13.5 Å². The fourth-order valence-electron chi connectivity index (χ4n) is 1.27. The number of hydrogen-bond donors (Lipinski definition) is 2. The van der Waals surface area contributed by atoms with Crippen molar-refractivity contribution in [2.75, 3.05) is 19.4 Å². The molecule has 1 aromatic rings. The summed E-state index contributed by atoms with van der Waals surface area (Å²) >= 11 is 0. The molecule has 0 aliphatic heterocycles. The molecule has 0 fully saturated rings. The van der Waals surface area contributed by atoms with Gasteiger partial charge < -0.3 is 15.6 Å². The van der Waals surface area contributed by atoms with Gasteiger partial charge in [-0.15, -0.1) is 0 Å². The monoisotopic (exact) mass is 273 g/mol. The van der Waals surface area contributed by atoms with Gasteiger partial charge in [-0.3, -0.25) is 0 Å². The highest BCUT2D eigenvalue weighted by Crippen LogP contribution is 2.17. The van der Waals surface area contributed by atoms with Gasteiger partial charge in [0.1, 0.15) is 5.75 Å². The lowest BCUT2D eigenvalue weighted by Gasteiger charge is -2.20. The summed E-state index contributed by atoms with van der Waals surface area (Å²) < 4.78 is 27.9. The molecule has 0 saturated carbocycles.